The molecule has 3 heterocycles. The normalized spacial score (nSPS) is 22.9. The average Bonchev–Trinajstić information content (AvgIpc) is 2.77. The van der Waals surface area contributed by atoms with Crippen LogP contribution in [0.5, 0.6) is 0 Å². The Kier molecular flexibility index (Phi) is 2.13. The van der Waals surface area contributed by atoms with Gasteiger partial charge in [-0.05, 0) is 30.7 Å². The van der Waals surface area contributed by atoms with Crippen molar-refractivity contribution in [3.8, 4) is 0 Å². The maximum absolute atomic E-state index is 12.2. The molecule has 1 fully saturated rings. The predicted molar refractivity (Wildman–Crippen MR) is 62.9 cm³/mol. The Bertz CT molecular complexity index is 446. The monoisotopic (exact) mass is 237 g/mol. The Morgan fingerprint density at radius 2 is 2.12 bits per heavy atom. The van der Waals surface area contributed by atoms with Crippen molar-refractivity contribution in [3.05, 3.63) is 21.4 Å². The van der Waals surface area contributed by atoms with Crippen molar-refractivity contribution >= 4 is 17.2 Å². The van der Waals surface area contributed by atoms with Gasteiger partial charge in [0, 0.05) is 25.1 Å². The van der Waals surface area contributed by atoms with Crippen molar-refractivity contribution in [3.63, 3.8) is 0 Å². The van der Waals surface area contributed by atoms with Gasteiger partial charge >= 0.3 is 0 Å². The highest BCUT2D eigenvalue weighted by atomic mass is 32.1. The first-order valence-electron chi connectivity index (χ1n) is 5.61. The van der Waals surface area contributed by atoms with Crippen LogP contribution in [0.1, 0.15) is 33.6 Å². The summed E-state index contributed by atoms with van der Waals surface area (Å²) in [7, 11) is 1.93. The van der Waals surface area contributed by atoms with Crippen LogP contribution in [0, 0.1) is 6.92 Å². The summed E-state index contributed by atoms with van der Waals surface area (Å²) in [5.74, 6) is 0.190. The summed E-state index contributed by atoms with van der Waals surface area (Å²) in [6, 6.07) is 0. The summed E-state index contributed by atoms with van der Waals surface area (Å²) < 4.78 is 5.43. The summed E-state index contributed by atoms with van der Waals surface area (Å²) in [6.07, 6.45) is 1.87. The van der Waals surface area contributed by atoms with Gasteiger partial charge in [0.15, 0.2) is 0 Å². The Balaban J connectivity index is 2.16. The van der Waals surface area contributed by atoms with Crippen LogP contribution in [0.25, 0.3) is 0 Å². The minimum atomic E-state index is -0.0659. The molecule has 86 valence electrons. The molecule has 0 radical (unpaired) electrons. The van der Waals surface area contributed by atoms with Gasteiger partial charge in [-0.3, -0.25) is 4.79 Å². The van der Waals surface area contributed by atoms with E-state index in [1.165, 1.54) is 4.88 Å². The molecule has 1 amide bonds. The Labute approximate surface area is 99.0 Å². The number of aryl methyl sites for hydroxylation is 1. The number of rotatable bonds is 0. The van der Waals surface area contributed by atoms with Gasteiger partial charge < -0.3 is 9.64 Å². The first kappa shape index (κ1) is 10.3. The van der Waals surface area contributed by atoms with E-state index in [-0.39, 0.29) is 11.4 Å². The first-order valence-corrected chi connectivity index (χ1v) is 6.49. The lowest BCUT2D eigenvalue weighted by Gasteiger charge is -2.39. The second-order valence-electron chi connectivity index (χ2n) is 4.63. The second kappa shape index (κ2) is 3.31. The molecule has 16 heavy (non-hydrogen) atoms. The lowest BCUT2D eigenvalue weighted by Crippen LogP contribution is -2.45. The van der Waals surface area contributed by atoms with Gasteiger partial charge in [0.2, 0.25) is 0 Å². The molecule has 0 unspecified atom stereocenters. The number of carbonyl (C=O) groups is 1. The zero-order chi connectivity index (χ0) is 11.3. The summed E-state index contributed by atoms with van der Waals surface area (Å²) >= 11 is 1.73. The van der Waals surface area contributed by atoms with E-state index in [0.717, 1.165) is 37.2 Å². The summed E-state index contributed by atoms with van der Waals surface area (Å²) in [5, 5.41) is 2.10. The lowest BCUT2D eigenvalue weighted by molar-refractivity contribution is -0.00470. The van der Waals surface area contributed by atoms with Crippen molar-refractivity contribution in [1.29, 1.82) is 0 Å². The third-order valence-corrected chi connectivity index (χ3v) is 5.17. The highest BCUT2D eigenvalue weighted by molar-refractivity contribution is 7.10. The molecule has 1 saturated heterocycles. The van der Waals surface area contributed by atoms with E-state index < -0.39 is 0 Å². The van der Waals surface area contributed by atoms with Gasteiger partial charge in [0.1, 0.15) is 0 Å². The van der Waals surface area contributed by atoms with Gasteiger partial charge in [-0.15, -0.1) is 11.3 Å². The SMILES string of the molecule is Cc1csc2c1C(=O)N(C)C21CCOCC1. The molecule has 2 aliphatic rings. The molecule has 1 aromatic rings. The molecule has 0 saturated carbocycles. The van der Waals surface area contributed by atoms with Crippen LogP contribution in [0.3, 0.4) is 0 Å². The molecule has 0 atom stereocenters. The quantitative estimate of drug-likeness (QED) is 0.692. The van der Waals surface area contributed by atoms with Crippen LogP contribution in [-0.4, -0.2) is 31.1 Å². The Morgan fingerprint density at radius 3 is 2.81 bits per heavy atom. The first-order chi connectivity index (χ1) is 7.67. The second-order valence-corrected chi connectivity index (χ2v) is 5.51. The van der Waals surface area contributed by atoms with Crippen LogP contribution in [-0.2, 0) is 10.3 Å². The number of hydrogen-bond donors (Lipinski definition) is 0. The fourth-order valence-corrected chi connectivity index (χ4v) is 4.18. The van der Waals surface area contributed by atoms with Gasteiger partial charge in [0.25, 0.3) is 5.91 Å². The number of ether oxygens (including phenoxy) is 1. The molecular formula is C12H15NO2S. The zero-order valence-electron chi connectivity index (χ0n) is 9.58. The molecule has 0 aromatic carbocycles. The van der Waals surface area contributed by atoms with Crippen molar-refractivity contribution in [1.82, 2.24) is 4.90 Å². The molecule has 1 spiro atoms. The van der Waals surface area contributed by atoms with Crippen molar-refractivity contribution in [2.45, 2.75) is 25.3 Å². The summed E-state index contributed by atoms with van der Waals surface area (Å²) in [5.41, 5.74) is 2.01. The average molecular weight is 237 g/mol. The van der Waals surface area contributed by atoms with E-state index in [1.54, 1.807) is 11.3 Å². The predicted octanol–water partition coefficient (Wildman–Crippen LogP) is 2.15. The standard InChI is InChI=1S/C12H15NO2S/c1-8-7-16-10-9(8)11(14)13(2)12(10)3-5-15-6-4-12/h7H,3-6H2,1-2H3. The lowest BCUT2D eigenvalue weighted by atomic mass is 9.88. The van der Waals surface area contributed by atoms with Crippen LogP contribution in [0.2, 0.25) is 0 Å². The van der Waals surface area contributed by atoms with Crippen LogP contribution < -0.4 is 0 Å². The highest BCUT2D eigenvalue weighted by Crippen LogP contribution is 2.48. The maximum Gasteiger partial charge on any atom is 0.255 e. The summed E-state index contributed by atoms with van der Waals surface area (Å²) in [4.78, 5) is 15.4. The van der Waals surface area contributed by atoms with Crippen LogP contribution in [0.4, 0.5) is 0 Å². The third-order valence-electron chi connectivity index (χ3n) is 3.88. The fourth-order valence-electron chi connectivity index (χ4n) is 2.84. The molecule has 1 aromatic heterocycles. The Morgan fingerprint density at radius 1 is 1.44 bits per heavy atom. The number of thiophene rings is 1. The van der Waals surface area contributed by atoms with Gasteiger partial charge in [0.05, 0.1) is 11.1 Å². The maximum atomic E-state index is 12.2. The van der Waals surface area contributed by atoms with Gasteiger partial charge in [-0.25, -0.2) is 0 Å². The van der Waals surface area contributed by atoms with Crippen LogP contribution >= 0.6 is 11.3 Å². The smallest absolute Gasteiger partial charge is 0.255 e. The van der Waals surface area contributed by atoms with E-state index in [0.29, 0.717) is 0 Å². The molecule has 3 rings (SSSR count). The molecule has 0 N–H and O–H groups in total. The number of nitrogens with zero attached hydrogens (tertiary/aromatic N) is 1. The van der Waals surface area contributed by atoms with Crippen molar-refractivity contribution in [2.75, 3.05) is 20.3 Å². The van der Waals surface area contributed by atoms with E-state index in [9.17, 15) is 4.79 Å². The van der Waals surface area contributed by atoms with Crippen LogP contribution in [0.15, 0.2) is 5.38 Å². The molecule has 4 heteroatoms. The molecule has 3 nitrogen and oxygen atoms in total. The third kappa shape index (κ3) is 1.09. The van der Waals surface area contributed by atoms with Gasteiger partial charge in [-0.1, -0.05) is 0 Å². The number of amides is 1. The molecular weight excluding hydrogens is 222 g/mol. The van der Waals surface area contributed by atoms with Crippen molar-refractivity contribution in [2.24, 2.45) is 0 Å². The fraction of sp³-hybridized carbons (Fsp3) is 0.583. The van der Waals surface area contributed by atoms with E-state index in [4.69, 9.17) is 4.74 Å². The van der Waals surface area contributed by atoms with Crippen molar-refractivity contribution < 1.29 is 9.53 Å². The van der Waals surface area contributed by atoms with E-state index in [2.05, 4.69) is 5.38 Å². The minimum Gasteiger partial charge on any atom is -0.381 e. The van der Waals surface area contributed by atoms with E-state index in [1.807, 2.05) is 18.9 Å². The Hall–Kier alpha value is -0.870. The number of hydrogen-bond acceptors (Lipinski definition) is 3. The minimum absolute atomic E-state index is 0.0659. The molecule has 0 bridgehead atoms. The highest BCUT2D eigenvalue weighted by Gasteiger charge is 2.50. The number of carbonyl (C=O) groups excluding carboxylic acids is 1. The molecule has 2 aliphatic heterocycles. The summed E-state index contributed by atoms with van der Waals surface area (Å²) in [6.45, 7) is 3.54. The largest absolute Gasteiger partial charge is 0.381 e. The van der Waals surface area contributed by atoms with E-state index >= 15 is 0 Å². The topological polar surface area (TPSA) is 29.5 Å². The number of fused-ring (bicyclic) bond motifs is 2. The van der Waals surface area contributed by atoms with Gasteiger partial charge in [-0.2, -0.15) is 0 Å². The zero-order valence-corrected chi connectivity index (χ0v) is 10.4. The molecule has 0 aliphatic carbocycles.